The lowest BCUT2D eigenvalue weighted by molar-refractivity contribution is -0.0425. The minimum absolute atomic E-state index is 0.0393. The van der Waals surface area contributed by atoms with Crippen LogP contribution in [0.15, 0.2) is 24.3 Å². The van der Waals surface area contributed by atoms with Gasteiger partial charge in [0.05, 0.1) is 24.3 Å². The average Bonchev–Trinajstić information content (AvgIpc) is 2.63. The number of carbonyl (C=O) groups is 1. The van der Waals surface area contributed by atoms with Crippen LogP contribution < -0.4 is 10.6 Å². The third-order valence-electron chi connectivity index (χ3n) is 4.81. The molecule has 6 nitrogen and oxygen atoms in total. The molecule has 1 saturated heterocycles. The number of nitrogen functional groups attached to an aromatic ring is 1. The normalized spacial score (nSPS) is 19.0. The van der Waals surface area contributed by atoms with Crippen LogP contribution in [0.2, 0.25) is 5.15 Å². The van der Waals surface area contributed by atoms with Crippen molar-refractivity contribution in [3.05, 3.63) is 46.1 Å². The van der Waals surface area contributed by atoms with Crippen LogP contribution in [-0.2, 0) is 4.74 Å². The molecule has 1 fully saturated rings. The summed E-state index contributed by atoms with van der Waals surface area (Å²) >= 11 is 5.88. The standard InChI is InChI=1S/C18H19ClF2N4O2/c1-10-7-11(17(26)27-2)3-4-12(10)13-9-25(6-5-18(13,20)21)14-8-15(19)23-24-16(14)22/h3-4,7-8,13H,5-6,9H2,1-2H3,(H2,22,24)/t13-/m0/s1. The zero-order chi connectivity index (χ0) is 19.8. The van der Waals surface area contributed by atoms with Crippen molar-refractivity contribution in [1.29, 1.82) is 0 Å². The van der Waals surface area contributed by atoms with Gasteiger partial charge in [0.1, 0.15) is 0 Å². The van der Waals surface area contributed by atoms with Gasteiger partial charge in [0.25, 0.3) is 5.92 Å². The molecule has 0 radical (unpaired) electrons. The third kappa shape index (κ3) is 3.80. The number of anilines is 2. The lowest BCUT2D eigenvalue weighted by Gasteiger charge is -2.40. The van der Waals surface area contributed by atoms with Crippen LogP contribution in [0, 0.1) is 6.92 Å². The van der Waals surface area contributed by atoms with Gasteiger partial charge in [0.15, 0.2) is 11.0 Å². The Balaban J connectivity index is 1.95. The number of aromatic nitrogens is 2. The van der Waals surface area contributed by atoms with Gasteiger partial charge in [-0.2, -0.15) is 0 Å². The maximum absolute atomic E-state index is 14.7. The van der Waals surface area contributed by atoms with E-state index in [1.54, 1.807) is 24.0 Å². The third-order valence-corrected chi connectivity index (χ3v) is 4.99. The molecule has 2 heterocycles. The zero-order valence-electron chi connectivity index (χ0n) is 14.9. The Bertz CT molecular complexity index is 878. The zero-order valence-corrected chi connectivity index (χ0v) is 15.6. The van der Waals surface area contributed by atoms with E-state index >= 15 is 0 Å². The molecule has 3 rings (SSSR count). The van der Waals surface area contributed by atoms with E-state index in [4.69, 9.17) is 17.3 Å². The van der Waals surface area contributed by atoms with Gasteiger partial charge in [0, 0.05) is 25.6 Å². The highest BCUT2D eigenvalue weighted by Gasteiger charge is 2.45. The first-order chi connectivity index (χ1) is 12.7. The number of methoxy groups -OCH3 is 1. The number of hydrogen-bond donors (Lipinski definition) is 1. The Morgan fingerprint density at radius 1 is 1.37 bits per heavy atom. The topological polar surface area (TPSA) is 81.3 Å². The number of alkyl halides is 2. The SMILES string of the molecule is COC(=O)c1ccc([C@@H]2CN(c3cc(Cl)nnc3N)CCC2(F)F)c(C)c1. The van der Waals surface area contributed by atoms with Crippen molar-refractivity contribution in [2.75, 3.05) is 30.8 Å². The summed E-state index contributed by atoms with van der Waals surface area (Å²) in [5.41, 5.74) is 7.74. The minimum atomic E-state index is -2.90. The fourth-order valence-corrected chi connectivity index (χ4v) is 3.52. The van der Waals surface area contributed by atoms with Crippen molar-refractivity contribution in [2.24, 2.45) is 0 Å². The molecule has 1 aromatic carbocycles. The number of benzene rings is 1. The number of carbonyl (C=O) groups excluding carboxylic acids is 1. The second-order valence-corrected chi connectivity index (χ2v) is 6.90. The van der Waals surface area contributed by atoms with Crippen LogP contribution in [0.25, 0.3) is 0 Å². The van der Waals surface area contributed by atoms with E-state index in [1.165, 1.54) is 19.2 Å². The van der Waals surface area contributed by atoms with Gasteiger partial charge < -0.3 is 15.4 Å². The number of nitrogens with two attached hydrogens (primary N) is 1. The van der Waals surface area contributed by atoms with Crippen molar-refractivity contribution < 1.29 is 18.3 Å². The Kier molecular flexibility index (Phi) is 5.19. The number of ether oxygens (including phenoxy) is 1. The van der Waals surface area contributed by atoms with E-state index < -0.39 is 17.8 Å². The van der Waals surface area contributed by atoms with E-state index in [2.05, 4.69) is 14.9 Å². The first-order valence-corrected chi connectivity index (χ1v) is 8.71. The molecule has 0 aliphatic carbocycles. The number of hydrogen-bond acceptors (Lipinski definition) is 6. The van der Waals surface area contributed by atoms with Gasteiger partial charge in [-0.05, 0) is 30.2 Å². The molecule has 0 spiro atoms. The second kappa shape index (κ2) is 7.26. The van der Waals surface area contributed by atoms with E-state index in [1.807, 2.05) is 0 Å². The van der Waals surface area contributed by atoms with Gasteiger partial charge in [0.2, 0.25) is 0 Å². The number of aryl methyl sites for hydroxylation is 1. The van der Waals surface area contributed by atoms with Crippen molar-refractivity contribution in [2.45, 2.75) is 25.2 Å². The fourth-order valence-electron chi connectivity index (χ4n) is 3.38. The highest BCUT2D eigenvalue weighted by atomic mass is 35.5. The molecule has 2 N–H and O–H groups in total. The molecule has 0 saturated carbocycles. The van der Waals surface area contributed by atoms with Crippen LogP contribution in [-0.4, -0.2) is 42.3 Å². The molecule has 0 unspecified atom stereocenters. The minimum Gasteiger partial charge on any atom is -0.465 e. The molecule has 2 aromatic rings. The van der Waals surface area contributed by atoms with Crippen LogP contribution in [0.5, 0.6) is 0 Å². The average molecular weight is 397 g/mol. The lowest BCUT2D eigenvalue weighted by atomic mass is 9.84. The molecule has 1 aliphatic rings. The summed E-state index contributed by atoms with van der Waals surface area (Å²) in [6, 6.07) is 6.15. The largest absolute Gasteiger partial charge is 0.465 e. The van der Waals surface area contributed by atoms with E-state index in [9.17, 15) is 13.6 Å². The molecule has 0 bridgehead atoms. The van der Waals surface area contributed by atoms with E-state index in [-0.39, 0.29) is 30.5 Å². The molecule has 1 aliphatic heterocycles. The summed E-state index contributed by atoms with van der Waals surface area (Å²) in [6.07, 6.45) is -0.338. The molecular weight excluding hydrogens is 378 g/mol. The van der Waals surface area contributed by atoms with Gasteiger partial charge in [-0.25, -0.2) is 13.6 Å². The first-order valence-electron chi connectivity index (χ1n) is 8.33. The number of nitrogens with zero attached hydrogens (tertiary/aromatic N) is 3. The maximum atomic E-state index is 14.7. The predicted octanol–water partition coefficient (Wildman–Crippen LogP) is 3.44. The summed E-state index contributed by atoms with van der Waals surface area (Å²) in [5.74, 6) is -4.33. The number of rotatable bonds is 3. The van der Waals surface area contributed by atoms with Crippen molar-refractivity contribution in [3.8, 4) is 0 Å². The smallest absolute Gasteiger partial charge is 0.337 e. The molecule has 27 heavy (non-hydrogen) atoms. The van der Waals surface area contributed by atoms with E-state index in [0.29, 0.717) is 22.4 Å². The monoisotopic (exact) mass is 396 g/mol. The summed E-state index contributed by atoms with van der Waals surface area (Å²) in [4.78, 5) is 13.4. The molecular formula is C18H19ClF2N4O2. The fraction of sp³-hybridized carbons (Fsp3) is 0.389. The highest BCUT2D eigenvalue weighted by molar-refractivity contribution is 6.29. The van der Waals surface area contributed by atoms with Crippen LogP contribution in [0.1, 0.15) is 33.8 Å². The van der Waals surface area contributed by atoms with E-state index in [0.717, 1.165) is 0 Å². The first kappa shape index (κ1) is 19.3. The number of esters is 1. The Morgan fingerprint density at radius 2 is 2.11 bits per heavy atom. The van der Waals surface area contributed by atoms with Crippen molar-refractivity contribution in [1.82, 2.24) is 10.2 Å². The lowest BCUT2D eigenvalue weighted by Crippen LogP contribution is -2.46. The summed E-state index contributed by atoms with van der Waals surface area (Å²) in [5, 5.41) is 7.57. The molecule has 1 atom stereocenters. The Morgan fingerprint density at radius 3 is 2.78 bits per heavy atom. The van der Waals surface area contributed by atoms with Gasteiger partial charge >= 0.3 is 5.97 Å². The summed E-state index contributed by atoms with van der Waals surface area (Å²) < 4.78 is 34.1. The number of halogens is 3. The van der Waals surface area contributed by atoms with Crippen molar-refractivity contribution in [3.63, 3.8) is 0 Å². The van der Waals surface area contributed by atoms with Crippen LogP contribution in [0.3, 0.4) is 0 Å². The quantitative estimate of drug-likeness (QED) is 0.800. The molecule has 9 heteroatoms. The van der Waals surface area contributed by atoms with Crippen LogP contribution >= 0.6 is 11.6 Å². The molecule has 144 valence electrons. The van der Waals surface area contributed by atoms with Gasteiger partial charge in [-0.15, -0.1) is 10.2 Å². The Labute approximate surface area is 160 Å². The predicted molar refractivity (Wildman–Crippen MR) is 98.5 cm³/mol. The maximum Gasteiger partial charge on any atom is 0.337 e. The summed E-state index contributed by atoms with van der Waals surface area (Å²) in [7, 11) is 1.27. The molecule has 1 aromatic heterocycles. The van der Waals surface area contributed by atoms with Gasteiger partial charge in [-0.3, -0.25) is 0 Å². The summed E-state index contributed by atoms with van der Waals surface area (Å²) in [6.45, 7) is 1.86. The van der Waals surface area contributed by atoms with Gasteiger partial charge in [-0.1, -0.05) is 17.7 Å². The van der Waals surface area contributed by atoms with Crippen LogP contribution in [0.4, 0.5) is 20.3 Å². The Hall–Kier alpha value is -2.48. The second-order valence-electron chi connectivity index (χ2n) is 6.51. The highest BCUT2D eigenvalue weighted by Crippen LogP contribution is 2.43. The van der Waals surface area contributed by atoms with Crippen molar-refractivity contribution >= 4 is 29.1 Å². The number of piperidine rings is 1. The molecule has 0 amide bonds.